The van der Waals surface area contributed by atoms with E-state index in [1.165, 1.54) is 23.5 Å². The summed E-state index contributed by atoms with van der Waals surface area (Å²) in [5, 5.41) is 12.5. The molecule has 1 amide bonds. The minimum absolute atomic E-state index is 0.116. The predicted molar refractivity (Wildman–Crippen MR) is 97.3 cm³/mol. The summed E-state index contributed by atoms with van der Waals surface area (Å²) in [4.78, 5) is 13.5. The second-order valence-electron chi connectivity index (χ2n) is 6.29. The Bertz CT molecular complexity index is 941. The van der Waals surface area contributed by atoms with Crippen LogP contribution in [0.15, 0.2) is 35.2 Å². The SMILES string of the molecule is CC1CCc2c(sc(NC(=O)CS(=O)(=O)c3ccccc3)c2C#N)C1. The predicted octanol–water partition coefficient (Wildman–Crippen LogP) is 3.16. The van der Waals surface area contributed by atoms with Crippen molar-refractivity contribution in [2.75, 3.05) is 11.1 Å². The zero-order chi connectivity index (χ0) is 18.0. The van der Waals surface area contributed by atoms with E-state index in [1.807, 2.05) is 0 Å². The molecule has 0 aliphatic heterocycles. The summed E-state index contributed by atoms with van der Waals surface area (Å²) in [6.07, 6.45) is 2.75. The van der Waals surface area contributed by atoms with Crippen LogP contribution in [0, 0.1) is 17.2 Å². The van der Waals surface area contributed by atoms with Gasteiger partial charge in [-0.2, -0.15) is 5.26 Å². The smallest absolute Gasteiger partial charge is 0.240 e. The number of thiophene rings is 1. The number of carbonyl (C=O) groups excluding carboxylic acids is 1. The van der Waals surface area contributed by atoms with E-state index in [2.05, 4.69) is 18.3 Å². The number of sulfone groups is 1. The third-order valence-corrected chi connectivity index (χ3v) is 7.10. The lowest BCUT2D eigenvalue weighted by Gasteiger charge is -2.17. The molecule has 1 atom stereocenters. The van der Waals surface area contributed by atoms with Crippen molar-refractivity contribution in [3.05, 3.63) is 46.3 Å². The topological polar surface area (TPSA) is 87.0 Å². The van der Waals surface area contributed by atoms with Crippen LogP contribution in [0.4, 0.5) is 5.00 Å². The molecular weight excluding hydrogens is 356 g/mol. The first kappa shape index (κ1) is 17.6. The number of rotatable bonds is 4. The van der Waals surface area contributed by atoms with Crippen molar-refractivity contribution in [2.24, 2.45) is 5.92 Å². The average molecular weight is 374 g/mol. The van der Waals surface area contributed by atoms with Crippen LogP contribution >= 0.6 is 11.3 Å². The Kier molecular flexibility index (Phi) is 4.93. The highest BCUT2D eigenvalue weighted by atomic mass is 32.2. The van der Waals surface area contributed by atoms with E-state index in [4.69, 9.17) is 0 Å². The van der Waals surface area contributed by atoms with Gasteiger partial charge in [-0.3, -0.25) is 4.79 Å². The van der Waals surface area contributed by atoms with Crippen molar-refractivity contribution in [3.8, 4) is 6.07 Å². The standard InChI is InChI=1S/C18H18N2O3S2/c1-12-7-8-14-15(10-19)18(24-16(14)9-12)20-17(21)11-25(22,23)13-5-3-2-4-6-13/h2-6,12H,7-9,11H2,1H3,(H,20,21). The number of amides is 1. The van der Waals surface area contributed by atoms with Crippen LogP contribution in [0.3, 0.4) is 0 Å². The second-order valence-corrected chi connectivity index (χ2v) is 9.38. The largest absolute Gasteiger partial charge is 0.316 e. The number of anilines is 1. The minimum atomic E-state index is -3.70. The molecule has 5 nitrogen and oxygen atoms in total. The first-order valence-corrected chi connectivity index (χ1v) is 10.5. The quantitative estimate of drug-likeness (QED) is 0.890. The number of hydrogen-bond acceptors (Lipinski definition) is 5. The van der Waals surface area contributed by atoms with Crippen molar-refractivity contribution in [1.29, 1.82) is 5.26 Å². The molecule has 0 saturated heterocycles. The summed E-state index contributed by atoms with van der Waals surface area (Å²) < 4.78 is 24.6. The van der Waals surface area contributed by atoms with Gasteiger partial charge in [-0.1, -0.05) is 25.1 Å². The Morgan fingerprint density at radius 3 is 2.76 bits per heavy atom. The van der Waals surface area contributed by atoms with Crippen LogP contribution in [0.5, 0.6) is 0 Å². The van der Waals surface area contributed by atoms with Crippen LogP contribution in [-0.2, 0) is 27.5 Å². The molecule has 1 N–H and O–H groups in total. The van der Waals surface area contributed by atoms with E-state index in [1.54, 1.807) is 18.2 Å². The fourth-order valence-electron chi connectivity index (χ4n) is 3.00. The number of fused-ring (bicyclic) bond motifs is 1. The van der Waals surface area contributed by atoms with Crippen molar-refractivity contribution in [2.45, 2.75) is 31.1 Å². The van der Waals surface area contributed by atoms with E-state index in [-0.39, 0.29) is 4.90 Å². The molecule has 1 aromatic carbocycles. The molecule has 1 aromatic heterocycles. The van der Waals surface area contributed by atoms with E-state index in [0.717, 1.165) is 29.7 Å². The van der Waals surface area contributed by atoms with Gasteiger partial charge < -0.3 is 5.32 Å². The molecule has 2 aromatic rings. The third kappa shape index (κ3) is 3.75. The molecule has 0 radical (unpaired) electrons. The van der Waals surface area contributed by atoms with Gasteiger partial charge >= 0.3 is 0 Å². The molecule has 0 saturated carbocycles. The molecule has 3 rings (SSSR count). The number of nitrogens with one attached hydrogen (secondary N) is 1. The maximum absolute atomic E-state index is 12.3. The van der Waals surface area contributed by atoms with Crippen molar-refractivity contribution < 1.29 is 13.2 Å². The number of hydrogen-bond donors (Lipinski definition) is 1. The van der Waals surface area contributed by atoms with Crippen LogP contribution in [0.1, 0.15) is 29.3 Å². The molecule has 7 heteroatoms. The van der Waals surface area contributed by atoms with Crippen molar-refractivity contribution in [3.63, 3.8) is 0 Å². The highest BCUT2D eigenvalue weighted by molar-refractivity contribution is 7.92. The summed E-state index contributed by atoms with van der Waals surface area (Å²) in [7, 11) is -3.70. The number of carbonyl (C=O) groups is 1. The molecule has 1 unspecified atom stereocenters. The molecule has 0 bridgehead atoms. The molecule has 130 valence electrons. The van der Waals surface area contributed by atoms with E-state index in [0.29, 0.717) is 16.5 Å². The fourth-order valence-corrected chi connectivity index (χ4v) is 5.54. The highest BCUT2D eigenvalue weighted by Crippen LogP contribution is 2.39. The summed E-state index contributed by atoms with van der Waals surface area (Å²) in [6, 6.07) is 10.1. The van der Waals surface area contributed by atoms with Gasteiger partial charge in [0.25, 0.3) is 0 Å². The summed E-state index contributed by atoms with van der Waals surface area (Å²) >= 11 is 1.39. The van der Waals surface area contributed by atoms with Gasteiger partial charge in [-0.15, -0.1) is 11.3 Å². The van der Waals surface area contributed by atoms with Crippen LogP contribution < -0.4 is 5.32 Å². The van der Waals surface area contributed by atoms with Gasteiger partial charge in [0.15, 0.2) is 9.84 Å². The lowest BCUT2D eigenvalue weighted by Crippen LogP contribution is -2.23. The Labute approximate surface area is 151 Å². The molecular formula is C18H18N2O3S2. The number of nitriles is 1. The van der Waals surface area contributed by atoms with E-state index >= 15 is 0 Å². The fraction of sp³-hybridized carbons (Fsp3) is 0.333. The summed E-state index contributed by atoms with van der Waals surface area (Å²) in [5.41, 5.74) is 1.49. The Morgan fingerprint density at radius 1 is 1.36 bits per heavy atom. The highest BCUT2D eigenvalue weighted by Gasteiger charge is 2.26. The number of benzene rings is 1. The molecule has 1 aliphatic rings. The van der Waals surface area contributed by atoms with Crippen molar-refractivity contribution in [1.82, 2.24) is 0 Å². The monoisotopic (exact) mass is 374 g/mol. The molecule has 1 heterocycles. The Morgan fingerprint density at radius 2 is 2.08 bits per heavy atom. The maximum Gasteiger partial charge on any atom is 0.240 e. The van der Waals surface area contributed by atoms with E-state index in [9.17, 15) is 18.5 Å². The normalized spacial score (nSPS) is 16.7. The Balaban J connectivity index is 1.79. The Hall–Kier alpha value is -2.17. The summed E-state index contributed by atoms with van der Waals surface area (Å²) in [6.45, 7) is 2.17. The zero-order valence-electron chi connectivity index (χ0n) is 13.8. The van der Waals surface area contributed by atoms with Crippen LogP contribution in [0.2, 0.25) is 0 Å². The van der Waals surface area contributed by atoms with E-state index < -0.39 is 21.5 Å². The molecule has 0 spiro atoms. The van der Waals surface area contributed by atoms with Crippen LogP contribution in [0.25, 0.3) is 0 Å². The first-order valence-electron chi connectivity index (χ1n) is 8.03. The average Bonchev–Trinajstić information content (AvgIpc) is 2.90. The third-order valence-electron chi connectivity index (χ3n) is 4.30. The maximum atomic E-state index is 12.3. The second kappa shape index (κ2) is 6.98. The molecule has 0 fully saturated rings. The summed E-state index contributed by atoms with van der Waals surface area (Å²) in [5.74, 6) is -0.701. The van der Waals surface area contributed by atoms with Gasteiger partial charge in [0.05, 0.1) is 10.5 Å². The lowest BCUT2D eigenvalue weighted by atomic mass is 9.89. The number of nitrogens with zero attached hydrogens (tertiary/aromatic N) is 1. The first-order chi connectivity index (χ1) is 11.9. The zero-order valence-corrected chi connectivity index (χ0v) is 15.4. The van der Waals surface area contributed by atoms with Gasteiger partial charge in [0, 0.05) is 4.88 Å². The minimum Gasteiger partial charge on any atom is -0.316 e. The van der Waals surface area contributed by atoms with Gasteiger partial charge in [-0.05, 0) is 42.9 Å². The van der Waals surface area contributed by atoms with Gasteiger partial charge in [0.2, 0.25) is 5.91 Å². The van der Waals surface area contributed by atoms with Crippen LogP contribution in [-0.4, -0.2) is 20.1 Å². The molecule has 25 heavy (non-hydrogen) atoms. The molecule has 1 aliphatic carbocycles. The lowest BCUT2D eigenvalue weighted by molar-refractivity contribution is -0.113. The van der Waals surface area contributed by atoms with Gasteiger partial charge in [-0.25, -0.2) is 8.42 Å². The van der Waals surface area contributed by atoms with Gasteiger partial charge in [0.1, 0.15) is 16.8 Å². The van der Waals surface area contributed by atoms with Crippen molar-refractivity contribution >= 4 is 32.1 Å².